The van der Waals surface area contributed by atoms with Crippen LogP contribution in [0.1, 0.15) is 232 Å². The number of rotatable bonds is 44. The number of aliphatic hydroxyl groups is 5. The molecule has 6 N–H and O–H groups in total. The third-order valence-electron chi connectivity index (χ3n) is 12.4. The van der Waals surface area contributed by atoms with E-state index in [1.54, 1.807) is 6.08 Å². The van der Waals surface area contributed by atoms with E-state index in [1.165, 1.54) is 167 Å². The normalized spacial score (nSPS) is 20.5. The number of unbranched alkanes of at least 4 members (excludes halogenated alkanes) is 28. The maximum absolute atomic E-state index is 13.0. The lowest BCUT2D eigenvalue weighted by atomic mass is 9.99. The largest absolute Gasteiger partial charge is 0.394 e. The highest BCUT2D eigenvalue weighted by atomic mass is 16.7. The molecular weight excluding hydrogens is 791 g/mol. The molecule has 1 amide bonds. The standard InChI is InChI=1S/C54H99NO8/c1-3-5-7-9-11-13-15-16-17-18-19-20-21-22-23-24-25-26-27-28-29-30-31-32-34-36-38-40-42-44-50(58)55-47(46-62-54-53(61)52(60)51(59)49(45-56)63-54)48(57)43-41-39-37-35-33-14-12-10-8-6-4-2/h19-20,22-23,33,35,41,43,47-49,51-54,56-57,59-61H,3-18,21,24-32,34,36-40,42,44-46H2,1-2H3,(H,55,58)/b20-19-,23-22-,35-33+,43-41+. The highest BCUT2D eigenvalue weighted by Crippen LogP contribution is 2.23. The van der Waals surface area contributed by atoms with E-state index in [0.717, 1.165) is 44.9 Å². The van der Waals surface area contributed by atoms with Crippen LogP contribution in [0.25, 0.3) is 0 Å². The molecule has 1 saturated heterocycles. The Bertz CT molecular complexity index is 1130. The zero-order chi connectivity index (χ0) is 45.9. The van der Waals surface area contributed by atoms with Crippen LogP contribution in [0.2, 0.25) is 0 Å². The van der Waals surface area contributed by atoms with Crippen LogP contribution in [0.3, 0.4) is 0 Å². The predicted molar refractivity (Wildman–Crippen MR) is 263 cm³/mol. The van der Waals surface area contributed by atoms with Crippen LogP contribution in [-0.2, 0) is 14.3 Å². The van der Waals surface area contributed by atoms with E-state index < -0.39 is 49.5 Å². The first-order valence-corrected chi connectivity index (χ1v) is 26.4. The first-order chi connectivity index (χ1) is 30.8. The van der Waals surface area contributed by atoms with E-state index in [4.69, 9.17) is 9.47 Å². The zero-order valence-electron chi connectivity index (χ0n) is 40.6. The van der Waals surface area contributed by atoms with Crippen molar-refractivity contribution in [2.24, 2.45) is 0 Å². The monoisotopic (exact) mass is 890 g/mol. The van der Waals surface area contributed by atoms with Gasteiger partial charge in [-0.3, -0.25) is 4.79 Å². The molecule has 9 heteroatoms. The third-order valence-corrected chi connectivity index (χ3v) is 12.4. The molecule has 7 unspecified atom stereocenters. The van der Waals surface area contributed by atoms with E-state index in [-0.39, 0.29) is 12.5 Å². The molecule has 0 bridgehead atoms. The molecule has 63 heavy (non-hydrogen) atoms. The second-order valence-electron chi connectivity index (χ2n) is 18.3. The first kappa shape index (κ1) is 59.2. The molecule has 1 rings (SSSR count). The molecule has 1 heterocycles. The molecule has 7 atom stereocenters. The van der Waals surface area contributed by atoms with Crippen molar-refractivity contribution in [3.63, 3.8) is 0 Å². The number of hydrogen-bond donors (Lipinski definition) is 6. The van der Waals surface area contributed by atoms with E-state index in [1.807, 2.05) is 6.08 Å². The maximum Gasteiger partial charge on any atom is 0.220 e. The van der Waals surface area contributed by atoms with E-state index in [0.29, 0.717) is 6.42 Å². The third kappa shape index (κ3) is 34.2. The Morgan fingerprint density at radius 2 is 0.952 bits per heavy atom. The van der Waals surface area contributed by atoms with Crippen molar-refractivity contribution in [1.82, 2.24) is 5.32 Å². The summed E-state index contributed by atoms with van der Waals surface area (Å²) in [7, 11) is 0. The minimum Gasteiger partial charge on any atom is -0.394 e. The van der Waals surface area contributed by atoms with Gasteiger partial charge < -0.3 is 40.3 Å². The van der Waals surface area contributed by atoms with Crippen LogP contribution in [0.15, 0.2) is 48.6 Å². The Balaban J connectivity index is 2.17. The molecule has 0 radical (unpaired) electrons. The van der Waals surface area contributed by atoms with Crippen LogP contribution in [0.5, 0.6) is 0 Å². The summed E-state index contributed by atoms with van der Waals surface area (Å²) in [6.07, 6.45) is 50.4. The Morgan fingerprint density at radius 3 is 1.43 bits per heavy atom. The maximum atomic E-state index is 13.0. The molecule has 0 aromatic carbocycles. The fourth-order valence-electron chi connectivity index (χ4n) is 8.14. The lowest BCUT2D eigenvalue weighted by Crippen LogP contribution is -2.60. The highest BCUT2D eigenvalue weighted by molar-refractivity contribution is 5.76. The van der Waals surface area contributed by atoms with Crippen molar-refractivity contribution in [3.05, 3.63) is 48.6 Å². The summed E-state index contributed by atoms with van der Waals surface area (Å²) in [5.41, 5.74) is 0. The van der Waals surface area contributed by atoms with Gasteiger partial charge in [0.2, 0.25) is 5.91 Å². The Morgan fingerprint density at radius 1 is 0.540 bits per heavy atom. The summed E-state index contributed by atoms with van der Waals surface area (Å²) in [6, 6.07) is -0.821. The van der Waals surface area contributed by atoms with Crippen molar-refractivity contribution >= 4 is 5.91 Å². The quantitative estimate of drug-likeness (QED) is 0.0262. The number of amides is 1. The van der Waals surface area contributed by atoms with Gasteiger partial charge in [0, 0.05) is 6.42 Å². The van der Waals surface area contributed by atoms with Gasteiger partial charge in [-0.25, -0.2) is 0 Å². The molecule has 1 aliphatic heterocycles. The highest BCUT2D eigenvalue weighted by Gasteiger charge is 2.44. The van der Waals surface area contributed by atoms with Crippen molar-refractivity contribution in [2.75, 3.05) is 13.2 Å². The zero-order valence-corrected chi connectivity index (χ0v) is 40.6. The van der Waals surface area contributed by atoms with E-state index in [9.17, 15) is 30.3 Å². The molecule has 1 fully saturated rings. The Labute approximate surface area is 386 Å². The number of aliphatic hydroxyl groups excluding tert-OH is 5. The van der Waals surface area contributed by atoms with Gasteiger partial charge in [-0.2, -0.15) is 0 Å². The fraction of sp³-hybridized carbons (Fsp3) is 0.833. The van der Waals surface area contributed by atoms with Crippen LogP contribution in [-0.4, -0.2) is 87.5 Å². The molecule has 0 aromatic rings. The molecule has 0 aliphatic carbocycles. The van der Waals surface area contributed by atoms with Crippen LogP contribution < -0.4 is 5.32 Å². The summed E-state index contributed by atoms with van der Waals surface area (Å²) in [5.74, 6) is -0.189. The summed E-state index contributed by atoms with van der Waals surface area (Å²) in [4.78, 5) is 13.0. The number of carbonyl (C=O) groups is 1. The van der Waals surface area contributed by atoms with Crippen molar-refractivity contribution in [2.45, 2.75) is 275 Å². The lowest BCUT2D eigenvalue weighted by molar-refractivity contribution is -0.302. The lowest BCUT2D eigenvalue weighted by Gasteiger charge is -2.40. The van der Waals surface area contributed by atoms with Gasteiger partial charge in [-0.15, -0.1) is 0 Å². The van der Waals surface area contributed by atoms with Gasteiger partial charge in [0.15, 0.2) is 6.29 Å². The van der Waals surface area contributed by atoms with Gasteiger partial charge >= 0.3 is 0 Å². The molecule has 9 nitrogen and oxygen atoms in total. The van der Waals surface area contributed by atoms with Gasteiger partial charge in [-0.05, 0) is 64.2 Å². The summed E-state index contributed by atoms with van der Waals surface area (Å²) >= 11 is 0. The van der Waals surface area contributed by atoms with Gasteiger partial charge in [0.25, 0.3) is 0 Å². The summed E-state index contributed by atoms with van der Waals surface area (Å²) in [6.45, 7) is 3.73. The predicted octanol–water partition coefficient (Wildman–Crippen LogP) is 12.2. The number of ether oxygens (including phenoxy) is 2. The number of nitrogens with one attached hydrogen (secondary N) is 1. The minimum absolute atomic E-state index is 0.189. The molecule has 0 aromatic heterocycles. The smallest absolute Gasteiger partial charge is 0.220 e. The van der Waals surface area contributed by atoms with E-state index >= 15 is 0 Å². The van der Waals surface area contributed by atoms with Crippen molar-refractivity contribution < 1.29 is 39.8 Å². The van der Waals surface area contributed by atoms with Crippen LogP contribution >= 0.6 is 0 Å². The second-order valence-corrected chi connectivity index (χ2v) is 18.3. The molecule has 1 aliphatic rings. The minimum atomic E-state index is -1.57. The van der Waals surface area contributed by atoms with Crippen molar-refractivity contribution in [3.8, 4) is 0 Å². The number of carbonyl (C=O) groups excluding carboxylic acids is 1. The molecule has 368 valence electrons. The molecule has 0 spiro atoms. The van der Waals surface area contributed by atoms with Gasteiger partial charge in [-0.1, -0.05) is 210 Å². The molecule has 0 saturated carbocycles. The fourth-order valence-corrected chi connectivity index (χ4v) is 8.14. The SMILES string of the molecule is CCCCCCC/C=C/CC/C=C/C(O)C(COC1OC(CO)C(O)C(O)C1O)NC(=O)CCCCCCCCCCCCCCC/C=C\C/C=C\CCCCCCCCCCC. The van der Waals surface area contributed by atoms with Crippen molar-refractivity contribution in [1.29, 1.82) is 0 Å². The Hall–Kier alpha value is -1.85. The molecular formula is C54H99NO8. The Kier molecular flexibility index (Phi) is 41.3. The van der Waals surface area contributed by atoms with Crippen LogP contribution in [0, 0.1) is 0 Å². The average molecular weight is 890 g/mol. The topological polar surface area (TPSA) is 149 Å². The number of hydrogen-bond acceptors (Lipinski definition) is 8. The second kappa shape index (κ2) is 44.0. The van der Waals surface area contributed by atoms with Crippen LogP contribution in [0.4, 0.5) is 0 Å². The first-order valence-electron chi connectivity index (χ1n) is 26.4. The number of allylic oxidation sites excluding steroid dienone is 7. The van der Waals surface area contributed by atoms with Gasteiger partial charge in [0.1, 0.15) is 24.4 Å². The summed E-state index contributed by atoms with van der Waals surface area (Å²) in [5, 5.41) is 54.2. The average Bonchev–Trinajstić information content (AvgIpc) is 3.28. The van der Waals surface area contributed by atoms with E-state index in [2.05, 4.69) is 55.6 Å². The van der Waals surface area contributed by atoms with Gasteiger partial charge in [0.05, 0.1) is 25.4 Å². The summed E-state index contributed by atoms with van der Waals surface area (Å²) < 4.78 is 11.2.